The van der Waals surface area contributed by atoms with Gasteiger partial charge in [0.1, 0.15) is 29.1 Å². The fourth-order valence-electron chi connectivity index (χ4n) is 3.45. The van der Waals surface area contributed by atoms with Gasteiger partial charge in [0.2, 0.25) is 0 Å². The first-order valence-electron chi connectivity index (χ1n) is 8.86. The molecule has 1 N–H and O–H groups in total. The van der Waals surface area contributed by atoms with Crippen molar-refractivity contribution in [2.45, 2.75) is 6.04 Å². The van der Waals surface area contributed by atoms with Crippen molar-refractivity contribution in [2.24, 2.45) is 0 Å². The van der Waals surface area contributed by atoms with E-state index in [0.29, 0.717) is 5.02 Å². The molecule has 0 bridgehead atoms. The van der Waals surface area contributed by atoms with Gasteiger partial charge in [0, 0.05) is 10.7 Å². The van der Waals surface area contributed by atoms with Crippen LogP contribution in [0.4, 0.5) is 10.1 Å². The molecule has 152 valence electrons. The predicted molar refractivity (Wildman–Crippen MR) is 108 cm³/mol. The highest BCUT2D eigenvalue weighted by atomic mass is 35.5. The first-order valence-corrected chi connectivity index (χ1v) is 9.24. The van der Waals surface area contributed by atoms with Crippen molar-refractivity contribution < 1.29 is 28.2 Å². The Morgan fingerprint density at radius 3 is 2.63 bits per heavy atom. The van der Waals surface area contributed by atoms with Crippen molar-refractivity contribution in [2.75, 3.05) is 12.0 Å². The van der Waals surface area contributed by atoms with E-state index in [1.54, 1.807) is 18.2 Å². The minimum Gasteiger partial charge on any atom is -0.507 e. The quantitative estimate of drug-likeness (QED) is 0.370. The van der Waals surface area contributed by atoms with Crippen LogP contribution in [-0.4, -0.2) is 23.9 Å². The smallest absolute Gasteiger partial charge is 0.300 e. The topological polar surface area (TPSA) is 80.0 Å². The number of benzene rings is 2. The molecule has 1 saturated heterocycles. The lowest BCUT2D eigenvalue weighted by Gasteiger charge is -2.23. The van der Waals surface area contributed by atoms with E-state index in [9.17, 15) is 19.1 Å². The number of amides is 1. The number of hydrogen-bond acceptors (Lipinski definition) is 5. The fraction of sp³-hybridized carbons (Fsp3) is 0.0909. The number of furan rings is 1. The monoisotopic (exact) mass is 427 g/mol. The van der Waals surface area contributed by atoms with Crippen LogP contribution in [0.25, 0.3) is 5.76 Å². The lowest BCUT2D eigenvalue weighted by molar-refractivity contribution is -0.132. The van der Waals surface area contributed by atoms with Gasteiger partial charge in [-0.15, -0.1) is 0 Å². The maximum absolute atomic E-state index is 13.8. The number of Topliss-reactive ketones (excluding diaryl/α,β-unsaturated/α-hetero) is 1. The fourth-order valence-corrected chi connectivity index (χ4v) is 3.62. The van der Waals surface area contributed by atoms with E-state index in [2.05, 4.69) is 0 Å². The first-order chi connectivity index (χ1) is 14.4. The van der Waals surface area contributed by atoms with Crippen molar-refractivity contribution >= 4 is 34.7 Å². The molecule has 0 radical (unpaired) electrons. The summed E-state index contributed by atoms with van der Waals surface area (Å²) in [6, 6.07) is 11.8. The van der Waals surface area contributed by atoms with Crippen molar-refractivity contribution in [3.05, 3.63) is 88.6 Å². The summed E-state index contributed by atoms with van der Waals surface area (Å²) in [5.74, 6) is -2.45. The molecule has 4 rings (SSSR count). The van der Waals surface area contributed by atoms with Gasteiger partial charge >= 0.3 is 0 Å². The van der Waals surface area contributed by atoms with E-state index >= 15 is 0 Å². The SMILES string of the molecule is COc1ccc(Cl)cc1/C(O)=C1/C(=O)C(=O)N(c2cccc(F)c2)C1c1ccco1. The van der Waals surface area contributed by atoms with Crippen LogP contribution in [0.3, 0.4) is 0 Å². The standard InChI is InChI=1S/C22H15ClFNO5/c1-29-16-8-7-12(23)10-15(16)20(26)18-19(17-6-3-9-30-17)25(22(28)21(18)27)14-5-2-4-13(24)11-14/h2-11,19,26H,1H3/b20-18-. The Kier molecular flexibility index (Phi) is 5.05. The zero-order valence-corrected chi connectivity index (χ0v) is 16.4. The highest BCUT2D eigenvalue weighted by Crippen LogP contribution is 2.43. The van der Waals surface area contributed by atoms with Crippen molar-refractivity contribution in [3.8, 4) is 5.75 Å². The van der Waals surface area contributed by atoms with Gasteiger partial charge in [-0.1, -0.05) is 17.7 Å². The molecule has 0 spiro atoms. The number of halogens is 2. The Balaban J connectivity index is 1.97. The lowest BCUT2D eigenvalue weighted by Crippen LogP contribution is -2.29. The largest absolute Gasteiger partial charge is 0.507 e. The molecular weight excluding hydrogens is 413 g/mol. The maximum Gasteiger partial charge on any atom is 0.300 e. The number of aliphatic hydroxyl groups is 1. The summed E-state index contributed by atoms with van der Waals surface area (Å²) in [6.07, 6.45) is 1.38. The summed E-state index contributed by atoms with van der Waals surface area (Å²) in [7, 11) is 1.40. The number of methoxy groups -OCH3 is 1. The number of ketones is 1. The molecule has 1 atom stereocenters. The third-order valence-corrected chi connectivity index (χ3v) is 5.00. The molecular formula is C22H15ClFNO5. The van der Waals surface area contributed by atoms with Crippen LogP contribution in [0.1, 0.15) is 17.4 Å². The Morgan fingerprint density at radius 1 is 1.17 bits per heavy atom. The first kappa shape index (κ1) is 19.7. The molecule has 30 heavy (non-hydrogen) atoms. The van der Waals surface area contributed by atoms with E-state index < -0.39 is 29.3 Å². The molecule has 1 amide bonds. The molecule has 2 heterocycles. The minimum atomic E-state index is -1.11. The van der Waals surface area contributed by atoms with Crippen LogP contribution in [-0.2, 0) is 9.59 Å². The number of rotatable bonds is 4. The van der Waals surface area contributed by atoms with Gasteiger partial charge in [0.25, 0.3) is 11.7 Å². The third-order valence-electron chi connectivity index (χ3n) is 4.76. The van der Waals surface area contributed by atoms with Gasteiger partial charge in [0.05, 0.1) is 24.5 Å². The van der Waals surface area contributed by atoms with E-state index in [4.69, 9.17) is 20.8 Å². The van der Waals surface area contributed by atoms with Crippen LogP contribution >= 0.6 is 11.6 Å². The highest BCUT2D eigenvalue weighted by Gasteiger charge is 2.48. The van der Waals surface area contributed by atoms with Crippen molar-refractivity contribution in [3.63, 3.8) is 0 Å². The Hall–Kier alpha value is -3.58. The molecule has 0 aliphatic carbocycles. The zero-order chi connectivity index (χ0) is 21.4. The number of carbonyl (C=O) groups is 2. The van der Waals surface area contributed by atoms with Crippen LogP contribution in [0.5, 0.6) is 5.75 Å². The Morgan fingerprint density at radius 2 is 1.97 bits per heavy atom. The summed E-state index contributed by atoms with van der Waals surface area (Å²) in [5.41, 5.74) is 0.0641. The predicted octanol–water partition coefficient (Wildman–Crippen LogP) is 4.71. The van der Waals surface area contributed by atoms with Gasteiger partial charge < -0.3 is 14.3 Å². The normalized spacial score (nSPS) is 18.1. The van der Waals surface area contributed by atoms with Gasteiger partial charge in [-0.25, -0.2) is 4.39 Å². The second-order valence-electron chi connectivity index (χ2n) is 6.51. The molecule has 8 heteroatoms. The molecule has 1 aliphatic heterocycles. The number of aliphatic hydroxyl groups excluding tert-OH is 1. The summed E-state index contributed by atoms with van der Waals surface area (Å²) < 4.78 is 24.6. The average molecular weight is 428 g/mol. The molecule has 6 nitrogen and oxygen atoms in total. The van der Waals surface area contributed by atoms with Crippen LogP contribution in [0, 0.1) is 5.82 Å². The molecule has 3 aromatic rings. The molecule has 2 aromatic carbocycles. The number of hydrogen-bond donors (Lipinski definition) is 1. The molecule has 1 aromatic heterocycles. The zero-order valence-electron chi connectivity index (χ0n) is 15.6. The highest BCUT2D eigenvalue weighted by molar-refractivity contribution is 6.51. The van der Waals surface area contributed by atoms with Gasteiger partial charge in [0.15, 0.2) is 0 Å². The Bertz CT molecular complexity index is 1170. The van der Waals surface area contributed by atoms with E-state index in [1.807, 2.05) is 0 Å². The second kappa shape index (κ2) is 7.68. The molecule has 1 aliphatic rings. The number of anilines is 1. The second-order valence-corrected chi connectivity index (χ2v) is 6.95. The van der Waals surface area contributed by atoms with Crippen LogP contribution in [0.15, 0.2) is 70.9 Å². The van der Waals surface area contributed by atoms with Crippen molar-refractivity contribution in [1.82, 2.24) is 0 Å². The lowest BCUT2D eigenvalue weighted by atomic mass is 9.98. The summed E-state index contributed by atoms with van der Waals surface area (Å²) >= 11 is 6.06. The average Bonchev–Trinajstić information content (AvgIpc) is 3.34. The summed E-state index contributed by atoms with van der Waals surface area (Å²) in [5, 5.41) is 11.4. The Labute approximate surface area is 175 Å². The number of ether oxygens (including phenoxy) is 1. The number of carbonyl (C=O) groups excluding carboxylic acids is 2. The van der Waals surface area contributed by atoms with E-state index in [1.165, 1.54) is 43.7 Å². The van der Waals surface area contributed by atoms with Crippen LogP contribution < -0.4 is 9.64 Å². The van der Waals surface area contributed by atoms with Crippen LogP contribution in [0.2, 0.25) is 5.02 Å². The van der Waals surface area contributed by atoms with Gasteiger partial charge in [-0.05, 0) is 48.5 Å². The maximum atomic E-state index is 13.8. The third kappa shape index (κ3) is 3.23. The minimum absolute atomic E-state index is 0.138. The van der Waals surface area contributed by atoms with E-state index in [-0.39, 0.29) is 28.3 Å². The molecule has 1 unspecified atom stereocenters. The van der Waals surface area contributed by atoms with Gasteiger partial charge in [-0.2, -0.15) is 0 Å². The number of nitrogens with zero attached hydrogens (tertiary/aromatic N) is 1. The van der Waals surface area contributed by atoms with E-state index in [0.717, 1.165) is 11.0 Å². The molecule has 1 fully saturated rings. The molecule has 0 saturated carbocycles. The summed E-state index contributed by atoms with van der Waals surface area (Å²) in [4.78, 5) is 27.0. The van der Waals surface area contributed by atoms with Crippen molar-refractivity contribution in [1.29, 1.82) is 0 Å². The summed E-state index contributed by atoms with van der Waals surface area (Å²) in [6.45, 7) is 0. The van der Waals surface area contributed by atoms with Gasteiger partial charge in [-0.3, -0.25) is 14.5 Å².